The van der Waals surface area contributed by atoms with Gasteiger partial charge in [-0.15, -0.1) is 6.42 Å². The second-order valence-corrected chi connectivity index (χ2v) is 6.04. The fourth-order valence-electron chi connectivity index (χ4n) is 2.72. The molecule has 0 bridgehead atoms. The third kappa shape index (κ3) is 4.33. The monoisotopic (exact) mass is 360 g/mol. The van der Waals surface area contributed by atoms with Crippen LogP contribution in [0.1, 0.15) is 24.5 Å². The topological polar surface area (TPSA) is 90.1 Å². The molecule has 1 amide bonds. The molecule has 0 atom stereocenters. The number of anilines is 2. The summed E-state index contributed by atoms with van der Waals surface area (Å²) >= 11 is 0. The van der Waals surface area contributed by atoms with E-state index >= 15 is 0 Å². The predicted molar refractivity (Wildman–Crippen MR) is 106 cm³/mol. The van der Waals surface area contributed by atoms with Gasteiger partial charge in [-0.05, 0) is 30.7 Å². The normalized spacial score (nSPS) is 10.4. The lowest BCUT2D eigenvalue weighted by Gasteiger charge is -2.14. The summed E-state index contributed by atoms with van der Waals surface area (Å²) in [6.45, 7) is 2.57. The number of primary amides is 1. The van der Waals surface area contributed by atoms with E-state index in [1.165, 1.54) is 6.33 Å². The fraction of sp³-hybridized carbons (Fsp3) is 0.190. The van der Waals surface area contributed by atoms with E-state index in [2.05, 4.69) is 21.2 Å². The summed E-state index contributed by atoms with van der Waals surface area (Å²) in [5, 5.41) is 4.03. The van der Waals surface area contributed by atoms with Gasteiger partial charge in [-0.25, -0.2) is 9.97 Å². The van der Waals surface area contributed by atoms with Crippen LogP contribution in [0.3, 0.4) is 0 Å². The number of aromatic nitrogens is 2. The minimum absolute atomic E-state index is 0.0793. The van der Waals surface area contributed by atoms with Crippen LogP contribution in [0.5, 0.6) is 5.75 Å². The molecule has 3 N–H and O–H groups in total. The van der Waals surface area contributed by atoms with Gasteiger partial charge in [0.25, 0.3) is 0 Å². The zero-order valence-electron chi connectivity index (χ0n) is 15.0. The van der Waals surface area contributed by atoms with Crippen LogP contribution in [0.4, 0.5) is 11.5 Å². The van der Waals surface area contributed by atoms with E-state index in [4.69, 9.17) is 16.9 Å². The van der Waals surface area contributed by atoms with Gasteiger partial charge in [-0.2, -0.15) is 0 Å². The number of terminal acetylenes is 1. The standard InChI is InChI=1S/C21H20N4O2/c1-3-8-27-19-12-18-17(10-15(19)11-20(22)26)21(24-13-23-18)25-16-7-5-6-14(4-2)9-16/h2,5-7,9-10,12-13H,3,8,11H2,1H3,(H2,22,26)(H,23,24,25). The number of nitrogens with two attached hydrogens (primary N) is 1. The number of ether oxygens (including phenoxy) is 1. The molecule has 0 aliphatic heterocycles. The molecule has 0 unspecified atom stereocenters. The van der Waals surface area contributed by atoms with Gasteiger partial charge in [0.15, 0.2) is 0 Å². The lowest BCUT2D eigenvalue weighted by Crippen LogP contribution is -2.15. The molecule has 0 radical (unpaired) electrons. The highest BCUT2D eigenvalue weighted by Crippen LogP contribution is 2.30. The summed E-state index contributed by atoms with van der Waals surface area (Å²) < 4.78 is 5.77. The molecule has 0 aliphatic rings. The summed E-state index contributed by atoms with van der Waals surface area (Å²) in [7, 11) is 0. The van der Waals surface area contributed by atoms with Gasteiger partial charge < -0.3 is 15.8 Å². The Hall–Kier alpha value is -3.59. The average Bonchev–Trinajstić information content (AvgIpc) is 2.66. The Morgan fingerprint density at radius 3 is 2.89 bits per heavy atom. The number of carbonyl (C=O) groups is 1. The first kappa shape index (κ1) is 18.2. The molecule has 0 aliphatic carbocycles. The molecule has 2 aromatic carbocycles. The smallest absolute Gasteiger partial charge is 0.221 e. The Balaban J connectivity index is 2.05. The molecule has 0 saturated carbocycles. The zero-order chi connectivity index (χ0) is 19.2. The van der Waals surface area contributed by atoms with Crippen LogP contribution in [0.15, 0.2) is 42.7 Å². The molecule has 27 heavy (non-hydrogen) atoms. The highest BCUT2D eigenvalue weighted by Gasteiger charge is 2.13. The molecule has 0 saturated heterocycles. The SMILES string of the molecule is C#Cc1cccc(Nc2ncnc3cc(OCCC)c(CC(N)=O)cc23)c1. The van der Waals surface area contributed by atoms with Gasteiger partial charge in [-0.1, -0.05) is 18.9 Å². The number of carbonyl (C=O) groups excluding carboxylic acids is 1. The maximum Gasteiger partial charge on any atom is 0.221 e. The minimum atomic E-state index is -0.427. The van der Waals surface area contributed by atoms with Gasteiger partial charge in [0, 0.05) is 28.3 Å². The summed E-state index contributed by atoms with van der Waals surface area (Å²) in [6.07, 6.45) is 7.88. The van der Waals surface area contributed by atoms with Crippen molar-refractivity contribution in [3.63, 3.8) is 0 Å². The number of hydrogen-bond acceptors (Lipinski definition) is 5. The average molecular weight is 360 g/mol. The number of rotatable bonds is 7. The third-order valence-electron chi connectivity index (χ3n) is 3.94. The predicted octanol–water partition coefficient (Wildman–Crippen LogP) is 3.17. The van der Waals surface area contributed by atoms with E-state index in [0.29, 0.717) is 29.3 Å². The van der Waals surface area contributed by atoms with Crippen molar-refractivity contribution in [2.45, 2.75) is 19.8 Å². The Labute approximate surface area is 157 Å². The molecule has 3 rings (SSSR count). The first-order chi connectivity index (χ1) is 13.1. The largest absolute Gasteiger partial charge is 0.493 e. The first-order valence-electron chi connectivity index (χ1n) is 8.63. The molecular formula is C21H20N4O2. The van der Waals surface area contributed by atoms with Crippen molar-refractivity contribution >= 4 is 28.3 Å². The molecule has 1 aromatic heterocycles. The van der Waals surface area contributed by atoms with Crippen molar-refractivity contribution in [3.05, 3.63) is 53.9 Å². The van der Waals surface area contributed by atoms with Crippen molar-refractivity contribution in [1.29, 1.82) is 0 Å². The molecule has 3 aromatic rings. The maximum absolute atomic E-state index is 11.5. The van der Waals surface area contributed by atoms with Gasteiger partial charge >= 0.3 is 0 Å². The van der Waals surface area contributed by atoms with Crippen LogP contribution in [-0.2, 0) is 11.2 Å². The van der Waals surface area contributed by atoms with E-state index in [1.54, 1.807) is 0 Å². The second kappa shape index (κ2) is 8.19. The van der Waals surface area contributed by atoms with Gasteiger partial charge in [0.2, 0.25) is 5.91 Å². The zero-order valence-corrected chi connectivity index (χ0v) is 15.0. The van der Waals surface area contributed by atoms with Crippen molar-refractivity contribution in [3.8, 4) is 18.1 Å². The summed E-state index contributed by atoms with van der Waals surface area (Å²) in [4.78, 5) is 20.1. The molecule has 1 heterocycles. The number of benzene rings is 2. The van der Waals surface area contributed by atoms with E-state index in [1.807, 2.05) is 43.3 Å². The van der Waals surface area contributed by atoms with Crippen molar-refractivity contribution in [1.82, 2.24) is 9.97 Å². The van der Waals surface area contributed by atoms with Crippen LogP contribution >= 0.6 is 0 Å². The number of fused-ring (bicyclic) bond motifs is 1. The van der Waals surface area contributed by atoms with Crippen LogP contribution < -0.4 is 15.8 Å². The highest BCUT2D eigenvalue weighted by molar-refractivity contribution is 5.93. The number of hydrogen-bond donors (Lipinski definition) is 2. The van der Waals surface area contributed by atoms with E-state index in [-0.39, 0.29) is 6.42 Å². The van der Waals surface area contributed by atoms with Crippen LogP contribution in [0, 0.1) is 12.3 Å². The molecule has 0 spiro atoms. The lowest BCUT2D eigenvalue weighted by atomic mass is 10.1. The fourth-order valence-corrected chi connectivity index (χ4v) is 2.72. The number of nitrogens with one attached hydrogen (secondary N) is 1. The highest BCUT2D eigenvalue weighted by atomic mass is 16.5. The van der Waals surface area contributed by atoms with E-state index in [9.17, 15) is 4.79 Å². The third-order valence-corrected chi connectivity index (χ3v) is 3.94. The quantitative estimate of drug-likeness (QED) is 0.632. The van der Waals surface area contributed by atoms with Gasteiger partial charge in [0.05, 0.1) is 18.5 Å². The van der Waals surface area contributed by atoms with Crippen molar-refractivity contribution in [2.24, 2.45) is 5.73 Å². The molecular weight excluding hydrogens is 340 g/mol. The Kier molecular flexibility index (Phi) is 5.53. The summed E-state index contributed by atoms with van der Waals surface area (Å²) in [5.41, 5.74) is 8.39. The Morgan fingerprint density at radius 2 is 2.15 bits per heavy atom. The van der Waals surface area contributed by atoms with E-state index < -0.39 is 5.91 Å². The molecule has 136 valence electrons. The Morgan fingerprint density at radius 1 is 1.30 bits per heavy atom. The van der Waals surface area contributed by atoms with Crippen LogP contribution in [0.25, 0.3) is 10.9 Å². The van der Waals surface area contributed by atoms with Crippen molar-refractivity contribution < 1.29 is 9.53 Å². The molecule has 6 heteroatoms. The lowest BCUT2D eigenvalue weighted by molar-refractivity contribution is -0.117. The van der Waals surface area contributed by atoms with Crippen molar-refractivity contribution in [2.75, 3.05) is 11.9 Å². The summed E-state index contributed by atoms with van der Waals surface area (Å²) in [5.74, 6) is 3.41. The minimum Gasteiger partial charge on any atom is -0.493 e. The van der Waals surface area contributed by atoms with Gasteiger partial charge in [0.1, 0.15) is 17.9 Å². The molecule has 0 fully saturated rings. The maximum atomic E-state index is 11.5. The number of nitrogens with zero attached hydrogens (tertiary/aromatic N) is 2. The molecule has 6 nitrogen and oxygen atoms in total. The second-order valence-electron chi connectivity index (χ2n) is 6.04. The van der Waals surface area contributed by atoms with Crippen LogP contribution in [0.2, 0.25) is 0 Å². The van der Waals surface area contributed by atoms with Crippen LogP contribution in [-0.4, -0.2) is 22.5 Å². The Bertz CT molecular complexity index is 1020. The first-order valence-corrected chi connectivity index (χ1v) is 8.63. The summed E-state index contributed by atoms with van der Waals surface area (Å²) in [6, 6.07) is 11.1. The number of amides is 1. The van der Waals surface area contributed by atoms with Gasteiger partial charge in [-0.3, -0.25) is 4.79 Å². The van der Waals surface area contributed by atoms with E-state index in [0.717, 1.165) is 23.1 Å².